The largest absolute Gasteiger partial charge is 0.343 e. The molecule has 2 aromatic carbocycles. The minimum absolute atomic E-state index is 0.0501. The minimum atomic E-state index is -0.477. The first-order valence-electron chi connectivity index (χ1n) is 9.06. The number of aromatic nitrogens is 3. The highest BCUT2D eigenvalue weighted by Gasteiger charge is 2.41. The second-order valence-electron chi connectivity index (χ2n) is 7.06. The van der Waals surface area contributed by atoms with E-state index in [2.05, 4.69) is 22.6 Å². The van der Waals surface area contributed by atoms with Crippen molar-refractivity contribution in [2.75, 3.05) is 0 Å². The van der Waals surface area contributed by atoms with Gasteiger partial charge in [0.1, 0.15) is 0 Å². The van der Waals surface area contributed by atoms with Crippen molar-refractivity contribution in [2.45, 2.75) is 19.4 Å². The molecule has 0 radical (unpaired) electrons. The Kier molecular flexibility index (Phi) is 4.60. The van der Waals surface area contributed by atoms with Crippen molar-refractivity contribution in [1.82, 2.24) is 20.3 Å². The number of rotatable bonds is 6. The first kappa shape index (κ1) is 17.8. The fourth-order valence-electron chi connectivity index (χ4n) is 3.37. The van der Waals surface area contributed by atoms with Gasteiger partial charge in [-0.3, -0.25) is 14.9 Å². The summed E-state index contributed by atoms with van der Waals surface area (Å²) in [5.74, 6) is 0.647. The Morgan fingerprint density at radius 1 is 1.25 bits per heavy atom. The van der Waals surface area contributed by atoms with Gasteiger partial charge in [0, 0.05) is 12.1 Å². The third-order valence-corrected chi connectivity index (χ3v) is 5.08. The highest BCUT2D eigenvalue weighted by molar-refractivity contribution is 5.92. The van der Waals surface area contributed by atoms with E-state index < -0.39 is 4.92 Å². The summed E-state index contributed by atoms with van der Waals surface area (Å²) in [7, 11) is 0. The summed E-state index contributed by atoms with van der Waals surface area (Å²) in [4.78, 5) is 23.2. The van der Waals surface area contributed by atoms with Crippen molar-refractivity contribution in [2.24, 2.45) is 11.8 Å². The number of non-ortho nitro benzene ring substituents is 1. The number of carbonyl (C=O) groups excluding carboxylic acids is 1. The van der Waals surface area contributed by atoms with Crippen LogP contribution in [0.4, 0.5) is 5.69 Å². The summed E-state index contributed by atoms with van der Waals surface area (Å²) in [6, 6.07) is 15.8. The van der Waals surface area contributed by atoms with Gasteiger partial charge >= 0.3 is 0 Å². The molecule has 3 atom stereocenters. The van der Waals surface area contributed by atoms with Crippen LogP contribution in [0.3, 0.4) is 0 Å². The van der Waals surface area contributed by atoms with Crippen LogP contribution in [0.1, 0.15) is 35.4 Å². The molecule has 1 N–H and O–H groups in total. The fourth-order valence-corrected chi connectivity index (χ4v) is 3.37. The van der Waals surface area contributed by atoms with Crippen molar-refractivity contribution in [3.8, 4) is 5.69 Å². The predicted molar refractivity (Wildman–Crippen MR) is 102 cm³/mol. The van der Waals surface area contributed by atoms with Crippen molar-refractivity contribution in [3.05, 3.63) is 82.2 Å². The van der Waals surface area contributed by atoms with Gasteiger partial charge in [0.2, 0.25) is 0 Å². The molecule has 3 unspecified atom stereocenters. The molecular formula is C20H19N5O3. The number of hydrogen-bond acceptors (Lipinski definition) is 5. The Morgan fingerprint density at radius 3 is 2.68 bits per heavy atom. The van der Waals surface area contributed by atoms with E-state index in [1.807, 2.05) is 30.3 Å². The molecule has 0 saturated heterocycles. The molecule has 1 aliphatic carbocycles. The van der Waals surface area contributed by atoms with Crippen LogP contribution in [-0.2, 0) is 0 Å². The predicted octanol–water partition coefficient (Wildman–Crippen LogP) is 3.30. The summed E-state index contributed by atoms with van der Waals surface area (Å²) in [5, 5.41) is 21.9. The van der Waals surface area contributed by atoms with E-state index in [-0.39, 0.29) is 23.3 Å². The molecule has 1 saturated carbocycles. The lowest BCUT2D eigenvalue weighted by Crippen LogP contribution is -2.30. The van der Waals surface area contributed by atoms with Crippen LogP contribution < -0.4 is 5.32 Å². The fraction of sp³-hybridized carbons (Fsp3) is 0.250. The number of carbonyl (C=O) groups is 1. The third-order valence-electron chi connectivity index (χ3n) is 5.08. The lowest BCUT2D eigenvalue weighted by molar-refractivity contribution is -0.384. The molecule has 8 heteroatoms. The Hall–Kier alpha value is -3.55. The standard InChI is InChI=1S/C20H19N5O3/c1-13-10-17(13)19(14-6-3-2-4-7-14)21-20(26)18-12-24(23-22-18)15-8-5-9-16(11-15)25(27)28/h2-9,11-13,17,19H,10H2,1H3,(H,21,26). The van der Waals surface area contributed by atoms with Gasteiger partial charge in [0.25, 0.3) is 11.6 Å². The zero-order valence-corrected chi connectivity index (χ0v) is 15.2. The van der Waals surface area contributed by atoms with Crippen molar-refractivity contribution in [3.63, 3.8) is 0 Å². The molecule has 1 amide bonds. The first-order valence-corrected chi connectivity index (χ1v) is 9.06. The van der Waals surface area contributed by atoms with Gasteiger partial charge in [0.15, 0.2) is 5.69 Å². The number of nitro benzene ring substituents is 1. The van der Waals surface area contributed by atoms with E-state index in [4.69, 9.17) is 0 Å². The van der Waals surface area contributed by atoms with Crippen LogP contribution in [0.5, 0.6) is 0 Å². The van der Waals surface area contributed by atoms with Crippen LogP contribution in [0.25, 0.3) is 5.69 Å². The van der Waals surface area contributed by atoms with E-state index in [1.54, 1.807) is 12.1 Å². The zero-order chi connectivity index (χ0) is 19.7. The number of hydrogen-bond donors (Lipinski definition) is 1. The molecule has 8 nitrogen and oxygen atoms in total. The summed E-state index contributed by atoms with van der Waals surface area (Å²) < 4.78 is 1.36. The number of nitrogens with one attached hydrogen (secondary N) is 1. The van der Waals surface area contributed by atoms with Crippen molar-refractivity contribution >= 4 is 11.6 Å². The van der Waals surface area contributed by atoms with Gasteiger partial charge in [-0.05, 0) is 29.9 Å². The minimum Gasteiger partial charge on any atom is -0.343 e. The maximum Gasteiger partial charge on any atom is 0.273 e. The van der Waals surface area contributed by atoms with E-state index in [1.165, 1.54) is 23.0 Å². The van der Waals surface area contributed by atoms with E-state index in [9.17, 15) is 14.9 Å². The van der Waals surface area contributed by atoms with Crippen LogP contribution in [0, 0.1) is 22.0 Å². The highest BCUT2D eigenvalue weighted by atomic mass is 16.6. The quantitative estimate of drug-likeness (QED) is 0.524. The third kappa shape index (κ3) is 3.62. The molecule has 28 heavy (non-hydrogen) atoms. The van der Waals surface area contributed by atoms with Crippen LogP contribution in [-0.4, -0.2) is 25.8 Å². The van der Waals surface area contributed by atoms with Gasteiger partial charge < -0.3 is 5.32 Å². The topological polar surface area (TPSA) is 103 Å². The average Bonchev–Trinajstić information content (AvgIpc) is 3.23. The second kappa shape index (κ2) is 7.22. The van der Waals surface area contributed by atoms with Crippen molar-refractivity contribution in [1.29, 1.82) is 0 Å². The number of benzene rings is 2. The molecular weight excluding hydrogens is 358 g/mol. The normalized spacial score (nSPS) is 19.0. The lowest BCUT2D eigenvalue weighted by atomic mass is 10.0. The highest BCUT2D eigenvalue weighted by Crippen LogP contribution is 2.47. The molecule has 1 heterocycles. The van der Waals surface area contributed by atoms with E-state index in [0.29, 0.717) is 17.5 Å². The average molecular weight is 377 g/mol. The van der Waals surface area contributed by atoms with Crippen LogP contribution >= 0.6 is 0 Å². The lowest BCUT2D eigenvalue weighted by Gasteiger charge is -2.18. The Morgan fingerprint density at radius 2 is 2.00 bits per heavy atom. The molecule has 3 aromatic rings. The maximum absolute atomic E-state index is 12.8. The van der Waals surface area contributed by atoms with Gasteiger partial charge in [0.05, 0.1) is 22.8 Å². The van der Waals surface area contributed by atoms with Gasteiger partial charge in [-0.2, -0.15) is 0 Å². The molecule has 0 spiro atoms. The molecule has 1 aromatic heterocycles. The summed E-state index contributed by atoms with van der Waals surface area (Å²) in [6.07, 6.45) is 2.55. The molecule has 4 rings (SSSR count). The van der Waals surface area contributed by atoms with Crippen LogP contribution in [0.15, 0.2) is 60.8 Å². The Bertz CT molecular complexity index is 1020. The summed E-state index contributed by atoms with van der Waals surface area (Å²) in [5.41, 5.74) is 1.65. The number of nitro groups is 1. The summed E-state index contributed by atoms with van der Waals surface area (Å²) >= 11 is 0. The van der Waals surface area contributed by atoms with E-state index in [0.717, 1.165) is 12.0 Å². The number of amides is 1. The Balaban J connectivity index is 1.54. The SMILES string of the molecule is CC1CC1C(NC(=O)c1cn(-c2cccc([N+](=O)[O-])c2)nn1)c1ccccc1. The smallest absolute Gasteiger partial charge is 0.273 e. The summed E-state index contributed by atoms with van der Waals surface area (Å²) in [6.45, 7) is 2.17. The molecule has 142 valence electrons. The molecule has 0 aliphatic heterocycles. The maximum atomic E-state index is 12.8. The number of nitrogens with zero attached hydrogens (tertiary/aromatic N) is 4. The molecule has 1 aliphatic rings. The molecule has 0 bridgehead atoms. The van der Waals surface area contributed by atoms with Gasteiger partial charge in [-0.15, -0.1) is 5.10 Å². The second-order valence-corrected chi connectivity index (χ2v) is 7.06. The van der Waals surface area contributed by atoms with Crippen molar-refractivity contribution < 1.29 is 9.72 Å². The van der Waals surface area contributed by atoms with Gasteiger partial charge in [-0.25, -0.2) is 4.68 Å². The van der Waals surface area contributed by atoms with Gasteiger partial charge in [-0.1, -0.05) is 48.5 Å². The molecule has 1 fully saturated rings. The van der Waals surface area contributed by atoms with Crippen LogP contribution in [0.2, 0.25) is 0 Å². The van der Waals surface area contributed by atoms with E-state index >= 15 is 0 Å². The first-order chi connectivity index (χ1) is 13.5. The monoisotopic (exact) mass is 377 g/mol. The Labute approximate surface area is 161 Å². The zero-order valence-electron chi connectivity index (χ0n) is 15.2.